The Kier molecular flexibility index (Phi) is 6.96. The smallest absolute Gasteiger partial charge is 0.311 e. The van der Waals surface area contributed by atoms with Gasteiger partial charge in [0.05, 0.1) is 12.0 Å². The lowest BCUT2D eigenvalue weighted by Gasteiger charge is -2.33. The van der Waals surface area contributed by atoms with E-state index in [4.69, 9.17) is 9.47 Å². The van der Waals surface area contributed by atoms with Crippen LogP contribution in [-0.4, -0.2) is 41.8 Å². The summed E-state index contributed by atoms with van der Waals surface area (Å²) >= 11 is 0. The summed E-state index contributed by atoms with van der Waals surface area (Å²) in [4.78, 5) is 24.7. The van der Waals surface area contributed by atoms with Gasteiger partial charge in [-0.05, 0) is 44.8 Å². The molecular weight excluding hydrogens is 296 g/mol. The first-order valence-electron chi connectivity index (χ1n) is 8.32. The number of ketones is 1. The lowest BCUT2D eigenvalue weighted by molar-refractivity contribution is -0.170. The van der Waals surface area contributed by atoms with Crippen molar-refractivity contribution in [3.05, 3.63) is 12.2 Å². The third-order valence-corrected chi connectivity index (χ3v) is 4.77. The van der Waals surface area contributed by atoms with E-state index in [0.29, 0.717) is 12.8 Å². The van der Waals surface area contributed by atoms with E-state index in [2.05, 4.69) is 0 Å². The molecule has 1 aliphatic rings. The van der Waals surface area contributed by atoms with E-state index in [1.54, 1.807) is 21.0 Å². The minimum atomic E-state index is -1.38. The highest BCUT2D eigenvalue weighted by Crippen LogP contribution is 2.28. The number of aliphatic hydroxyl groups is 1. The molecule has 0 amide bonds. The lowest BCUT2D eigenvalue weighted by atomic mass is 9.84. The number of hydrogen-bond acceptors (Lipinski definition) is 5. The number of carbonyl (C=O) groups excluding carboxylic acids is 2. The molecule has 5 nitrogen and oxygen atoms in total. The molecule has 1 rings (SSSR count). The molecule has 0 spiro atoms. The molecule has 5 heteroatoms. The van der Waals surface area contributed by atoms with E-state index in [0.717, 1.165) is 0 Å². The normalized spacial score (nSPS) is 41.6. The molecule has 0 bridgehead atoms. The molecule has 0 aromatic heterocycles. The Morgan fingerprint density at radius 2 is 1.96 bits per heavy atom. The van der Waals surface area contributed by atoms with Crippen molar-refractivity contribution in [3.63, 3.8) is 0 Å². The average molecular weight is 326 g/mol. The maximum absolute atomic E-state index is 12.4. The highest BCUT2D eigenvalue weighted by molar-refractivity contribution is 5.91. The molecule has 0 unspecified atom stereocenters. The molecule has 0 aromatic carbocycles. The van der Waals surface area contributed by atoms with Crippen LogP contribution in [0.1, 0.15) is 47.5 Å². The van der Waals surface area contributed by atoms with Gasteiger partial charge in [-0.15, -0.1) is 0 Å². The summed E-state index contributed by atoms with van der Waals surface area (Å²) in [5, 5.41) is 10.6. The van der Waals surface area contributed by atoms with Crippen molar-refractivity contribution in [2.45, 2.75) is 65.3 Å². The van der Waals surface area contributed by atoms with Crippen LogP contribution in [0.5, 0.6) is 0 Å². The molecule has 0 aromatic rings. The van der Waals surface area contributed by atoms with Crippen LogP contribution in [0.3, 0.4) is 0 Å². The van der Waals surface area contributed by atoms with Crippen LogP contribution in [0.25, 0.3) is 0 Å². The number of hydrogen-bond donors (Lipinski definition) is 1. The largest absolute Gasteiger partial charge is 0.459 e. The van der Waals surface area contributed by atoms with Crippen LogP contribution >= 0.6 is 0 Å². The van der Waals surface area contributed by atoms with E-state index in [-0.39, 0.29) is 29.7 Å². The van der Waals surface area contributed by atoms with Crippen LogP contribution in [0.15, 0.2) is 12.2 Å². The SMILES string of the molecule is CC[C@H]1OC(=O)[C@H](C)[C@@H](OC)[C@@H](C)C[C@@H](C)C(=O)/C=C/[C@]1(C)O. The minimum absolute atomic E-state index is 0.0370. The quantitative estimate of drug-likeness (QED) is 0.789. The van der Waals surface area contributed by atoms with Gasteiger partial charge in [0, 0.05) is 13.0 Å². The standard InChI is InChI=1S/C18H30O5/c1-7-15-18(5,21)9-8-14(19)11(2)10-12(3)16(22-6)13(4)17(20)23-15/h8-9,11-13,15-16,21H,7,10H2,1-6H3/b9-8+/t11-,12+,13-,15-,16+,18+/m1/s1. The molecule has 132 valence electrons. The van der Waals surface area contributed by atoms with Gasteiger partial charge in [-0.2, -0.15) is 0 Å². The Morgan fingerprint density at radius 3 is 2.48 bits per heavy atom. The van der Waals surface area contributed by atoms with Crippen molar-refractivity contribution < 1.29 is 24.2 Å². The zero-order valence-corrected chi connectivity index (χ0v) is 15.0. The number of allylic oxidation sites excluding steroid dienone is 1. The number of carbonyl (C=O) groups is 2. The molecule has 0 aliphatic carbocycles. The summed E-state index contributed by atoms with van der Waals surface area (Å²) in [7, 11) is 1.57. The van der Waals surface area contributed by atoms with E-state index in [9.17, 15) is 14.7 Å². The van der Waals surface area contributed by atoms with Gasteiger partial charge in [0.1, 0.15) is 11.7 Å². The highest BCUT2D eigenvalue weighted by atomic mass is 16.6. The fourth-order valence-electron chi connectivity index (χ4n) is 3.26. The average Bonchev–Trinajstić information content (AvgIpc) is 2.49. The number of cyclic esters (lactones) is 1. The second-order valence-electron chi connectivity index (χ2n) is 6.90. The zero-order chi connectivity index (χ0) is 17.8. The van der Waals surface area contributed by atoms with Gasteiger partial charge in [-0.25, -0.2) is 0 Å². The van der Waals surface area contributed by atoms with Crippen molar-refractivity contribution in [1.82, 2.24) is 0 Å². The summed E-state index contributed by atoms with van der Waals surface area (Å²) < 4.78 is 11.0. The van der Waals surface area contributed by atoms with Gasteiger partial charge in [-0.1, -0.05) is 20.8 Å². The van der Waals surface area contributed by atoms with Gasteiger partial charge < -0.3 is 14.6 Å². The Morgan fingerprint density at radius 1 is 1.35 bits per heavy atom. The molecule has 6 atom stereocenters. The first-order chi connectivity index (χ1) is 10.6. The summed E-state index contributed by atoms with van der Waals surface area (Å²) in [5.74, 6) is -1.05. The van der Waals surface area contributed by atoms with Gasteiger partial charge in [-0.3, -0.25) is 9.59 Å². The molecule has 23 heavy (non-hydrogen) atoms. The molecule has 1 N–H and O–H groups in total. The number of esters is 1. The molecule has 0 radical (unpaired) electrons. The second kappa shape index (κ2) is 8.06. The third kappa shape index (κ3) is 4.88. The van der Waals surface area contributed by atoms with Crippen molar-refractivity contribution in [2.75, 3.05) is 7.11 Å². The maximum Gasteiger partial charge on any atom is 0.311 e. The topological polar surface area (TPSA) is 72.8 Å². The third-order valence-electron chi connectivity index (χ3n) is 4.77. The maximum atomic E-state index is 12.4. The van der Waals surface area contributed by atoms with Crippen LogP contribution in [0, 0.1) is 17.8 Å². The second-order valence-corrected chi connectivity index (χ2v) is 6.90. The van der Waals surface area contributed by atoms with Crippen molar-refractivity contribution >= 4 is 11.8 Å². The number of ether oxygens (including phenoxy) is 2. The highest BCUT2D eigenvalue weighted by Gasteiger charge is 2.37. The van der Waals surface area contributed by atoms with E-state index >= 15 is 0 Å². The van der Waals surface area contributed by atoms with Crippen LogP contribution < -0.4 is 0 Å². The Balaban J connectivity index is 3.20. The molecular formula is C18H30O5. The summed E-state index contributed by atoms with van der Waals surface area (Å²) in [6.45, 7) is 8.98. The van der Waals surface area contributed by atoms with Gasteiger partial charge in [0.25, 0.3) is 0 Å². The molecule has 1 heterocycles. The van der Waals surface area contributed by atoms with Crippen molar-refractivity contribution in [3.8, 4) is 0 Å². The van der Waals surface area contributed by atoms with Crippen LogP contribution in [0.4, 0.5) is 0 Å². The van der Waals surface area contributed by atoms with Gasteiger partial charge in [0.15, 0.2) is 5.78 Å². The first-order valence-corrected chi connectivity index (χ1v) is 8.32. The van der Waals surface area contributed by atoms with E-state index in [1.165, 1.54) is 12.2 Å². The first kappa shape index (κ1) is 19.8. The van der Waals surface area contributed by atoms with Gasteiger partial charge >= 0.3 is 5.97 Å². The predicted molar refractivity (Wildman–Crippen MR) is 87.8 cm³/mol. The Labute approximate surface area is 139 Å². The zero-order valence-electron chi connectivity index (χ0n) is 15.0. The Hall–Kier alpha value is -1.20. The van der Waals surface area contributed by atoms with Crippen LogP contribution in [0.2, 0.25) is 0 Å². The fraction of sp³-hybridized carbons (Fsp3) is 0.778. The minimum Gasteiger partial charge on any atom is -0.459 e. The van der Waals surface area contributed by atoms with Gasteiger partial charge in [0.2, 0.25) is 0 Å². The van der Waals surface area contributed by atoms with Crippen molar-refractivity contribution in [1.29, 1.82) is 0 Å². The van der Waals surface area contributed by atoms with Crippen molar-refractivity contribution in [2.24, 2.45) is 17.8 Å². The van der Waals surface area contributed by atoms with E-state index < -0.39 is 17.6 Å². The van der Waals surface area contributed by atoms with Crippen LogP contribution in [-0.2, 0) is 19.1 Å². The number of rotatable bonds is 2. The Bertz CT molecular complexity index is 454. The summed E-state index contributed by atoms with van der Waals surface area (Å²) in [6.07, 6.45) is 2.87. The fourth-order valence-corrected chi connectivity index (χ4v) is 3.26. The lowest BCUT2D eigenvalue weighted by Crippen LogP contribution is -2.44. The molecule has 0 saturated carbocycles. The molecule has 0 fully saturated rings. The monoisotopic (exact) mass is 326 g/mol. The molecule has 1 aliphatic heterocycles. The van der Waals surface area contributed by atoms with E-state index in [1.807, 2.05) is 20.8 Å². The predicted octanol–water partition coefficient (Wildman–Crippen LogP) is 2.51. The summed E-state index contributed by atoms with van der Waals surface area (Å²) in [6, 6.07) is 0. The summed E-state index contributed by atoms with van der Waals surface area (Å²) in [5.41, 5.74) is -1.38. The molecule has 0 saturated heterocycles. The number of methoxy groups -OCH3 is 1.